The van der Waals surface area contributed by atoms with Crippen molar-refractivity contribution < 1.29 is 18.3 Å². The number of carbonyl (C=O) groups excluding carboxylic acids is 1. The molecular formula is C8H12F2N4O2. The third-order valence-corrected chi connectivity index (χ3v) is 2.33. The molecule has 1 rings (SSSR count). The molecule has 1 aliphatic heterocycles. The Morgan fingerprint density at radius 3 is 3.00 bits per heavy atom. The Balaban J connectivity index is 2.68. The summed E-state index contributed by atoms with van der Waals surface area (Å²) in [6.45, 7) is -1.02. The maximum atomic E-state index is 13.1. The van der Waals surface area contributed by atoms with E-state index < -0.39 is 37.4 Å². The van der Waals surface area contributed by atoms with Gasteiger partial charge in [0.05, 0.1) is 19.2 Å². The van der Waals surface area contributed by atoms with Crippen LogP contribution in [-0.2, 0) is 9.53 Å². The van der Waals surface area contributed by atoms with Crippen molar-refractivity contribution >= 4 is 5.91 Å². The molecule has 6 nitrogen and oxygen atoms in total. The number of ether oxygens (including phenoxy) is 1. The van der Waals surface area contributed by atoms with Gasteiger partial charge in [-0.2, -0.15) is 0 Å². The highest BCUT2D eigenvalue weighted by Gasteiger charge is 2.46. The molecule has 0 aromatic heterocycles. The molecule has 0 radical (unpaired) electrons. The number of nitrogens with zero attached hydrogens (tertiary/aromatic N) is 4. The summed E-state index contributed by atoms with van der Waals surface area (Å²) >= 11 is 0. The van der Waals surface area contributed by atoms with Crippen LogP contribution < -0.4 is 0 Å². The van der Waals surface area contributed by atoms with Crippen molar-refractivity contribution in [3.8, 4) is 0 Å². The summed E-state index contributed by atoms with van der Waals surface area (Å²) in [5.41, 5.74) is 8.04. The quantitative estimate of drug-likeness (QED) is 0.416. The molecule has 0 bridgehead atoms. The van der Waals surface area contributed by atoms with Crippen LogP contribution in [-0.4, -0.2) is 49.6 Å². The number of hydrogen-bond acceptors (Lipinski definition) is 3. The van der Waals surface area contributed by atoms with Gasteiger partial charge in [-0.1, -0.05) is 5.11 Å². The van der Waals surface area contributed by atoms with Gasteiger partial charge in [0.25, 0.3) is 5.92 Å². The molecule has 1 saturated heterocycles. The van der Waals surface area contributed by atoms with Crippen molar-refractivity contribution in [3.63, 3.8) is 0 Å². The fourth-order valence-electron chi connectivity index (χ4n) is 1.71. The van der Waals surface area contributed by atoms with Crippen molar-refractivity contribution in [1.82, 2.24) is 4.90 Å². The first-order valence-electron chi connectivity index (χ1n) is 4.67. The minimum atomic E-state index is -2.89. The summed E-state index contributed by atoms with van der Waals surface area (Å²) in [4.78, 5) is 14.9. The van der Waals surface area contributed by atoms with E-state index in [9.17, 15) is 13.6 Å². The molecule has 16 heavy (non-hydrogen) atoms. The number of halogens is 2. The van der Waals surface area contributed by atoms with Crippen LogP contribution in [0.4, 0.5) is 8.78 Å². The number of rotatable bonds is 4. The van der Waals surface area contributed by atoms with Crippen LogP contribution in [0, 0.1) is 0 Å². The van der Waals surface area contributed by atoms with E-state index in [4.69, 9.17) is 10.3 Å². The lowest BCUT2D eigenvalue weighted by molar-refractivity contribution is -0.132. The molecule has 0 saturated carbocycles. The third-order valence-electron chi connectivity index (χ3n) is 2.33. The zero-order valence-electron chi connectivity index (χ0n) is 8.77. The summed E-state index contributed by atoms with van der Waals surface area (Å²) < 4.78 is 31.0. The van der Waals surface area contributed by atoms with Crippen molar-refractivity contribution in [2.24, 2.45) is 5.11 Å². The van der Waals surface area contributed by atoms with Gasteiger partial charge in [-0.3, -0.25) is 4.79 Å². The van der Waals surface area contributed by atoms with Gasteiger partial charge >= 0.3 is 0 Å². The van der Waals surface area contributed by atoms with Crippen LogP contribution >= 0.6 is 0 Å². The number of likely N-dealkylation sites (tertiary alicyclic amines) is 1. The van der Waals surface area contributed by atoms with Gasteiger partial charge in [-0.25, -0.2) is 8.78 Å². The topological polar surface area (TPSA) is 78.3 Å². The number of hydrogen-bond donors (Lipinski definition) is 0. The van der Waals surface area contributed by atoms with Crippen LogP contribution in [0.25, 0.3) is 10.4 Å². The van der Waals surface area contributed by atoms with Crippen molar-refractivity contribution in [1.29, 1.82) is 0 Å². The lowest BCUT2D eigenvalue weighted by Gasteiger charge is -2.22. The van der Waals surface area contributed by atoms with Gasteiger partial charge in [-0.15, -0.1) is 0 Å². The van der Waals surface area contributed by atoms with E-state index >= 15 is 0 Å². The van der Waals surface area contributed by atoms with Crippen molar-refractivity contribution in [2.75, 3.05) is 26.8 Å². The minimum Gasteiger partial charge on any atom is -0.383 e. The Morgan fingerprint density at radius 2 is 2.44 bits per heavy atom. The predicted molar refractivity (Wildman–Crippen MR) is 51.0 cm³/mol. The molecular weight excluding hydrogens is 222 g/mol. The van der Waals surface area contributed by atoms with Crippen LogP contribution in [0.3, 0.4) is 0 Å². The van der Waals surface area contributed by atoms with E-state index in [0.717, 1.165) is 4.90 Å². The minimum absolute atomic E-state index is 0.0532. The van der Waals surface area contributed by atoms with E-state index in [-0.39, 0.29) is 6.61 Å². The summed E-state index contributed by atoms with van der Waals surface area (Å²) in [6.07, 6.45) is -0.414. The Bertz CT molecular complexity index is 317. The Hall–Kier alpha value is -1.40. The highest BCUT2D eigenvalue weighted by Crippen LogP contribution is 2.32. The van der Waals surface area contributed by atoms with E-state index in [1.165, 1.54) is 7.11 Å². The average molecular weight is 234 g/mol. The largest absolute Gasteiger partial charge is 0.383 e. The Kier molecular flexibility index (Phi) is 4.03. The molecule has 0 aromatic rings. The molecule has 1 heterocycles. The zero-order chi connectivity index (χ0) is 12.2. The highest BCUT2D eigenvalue weighted by molar-refractivity contribution is 5.79. The van der Waals surface area contributed by atoms with E-state index in [2.05, 4.69) is 10.0 Å². The molecule has 1 fully saturated rings. The SMILES string of the molecule is COC[C@@H]1CC(F)(F)CN1C(=O)CN=[N+]=[N-]. The number of azide groups is 1. The number of alkyl halides is 2. The van der Waals surface area contributed by atoms with E-state index in [1.54, 1.807) is 0 Å². The molecule has 1 atom stereocenters. The molecule has 1 amide bonds. The van der Waals surface area contributed by atoms with Gasteiger partial charge in [0.1, 0.15) is 6.54 Å². The zero-order valence-corrected chi connectivity index (χ0v) is 8.77. The summed E-state index contributed by atoms with van der Waals surface area (Å²) in [7, 11) is 1.38. The number of methoxy groups -OCH3 is 1. The van der Waals surface area contributed by atoms with E-state index in [0.29, 0.717) is 0 Å². The van der Waals surface area contributed by atoms with Gasteiger partial charge < -0.3 is 9.64 Å². The molecule has 0 aromatic carbocycles. The lowest BCUT2D eigenvalue weighted by atomic mass is 10.2. The molecule has 0 unspecified atom stereocenters. The molecule has 0 spiro atoms. The third kappa shape index (κ3) is 3.04. The maximum Gasteiger partial charge on any atom is 0.267 e. The van der Waals surface area contributed by atoms with Crippen LogP contribution in [0.15, 0.2) is 5.11 Å². The Morgan fingerprint density at radius 1 is 1.75 bits per heavy atom. The maximum absolute atomic E-state index is 13.1. The first kappa shape index (κ1) is 12.7. The summed E-state index contributed by atoms with van der Waals surface area (Å²) in [6, 6.07) is -0.651. The Labute approximate surface area is 90.8 Å². The van der Waals surface area contributed by atoms with Crippen molar-refractivity contribution in [3.05, 3.63) is 10.4 Å². The molecule has 1 aliphatic rings. The van der Waals surface area contributed by atoms with Crippen LogP contribution in [0.2, 0.25) is 0 Å². The second kappa shape index (κ2) is 5.09. The normalized spacial score (nSPS) is 22.9. The number of amides is 1. The predicted octanol–water partition coefficient (Wildman–Crippen LogP) is 1.18. The average Bonchev–Trinajstić information content (AvgIpc) is 2.51. The summed E-state index contributed by atoms with van der Waals surface area (Å²) in [5, 5.41) is 3.06. The van der Waals surface area contributed by atoms with Gasteiger partial charge in [-0.05, 0) is 5.53 Å². The fourth-order valence-corrected chi connectivity index (χ4v) is 1.71. The highest BCUT2D eigenvalue weighted by atomic mass is 19.3. The van der Waals surface area contributed by atoms with Crippen LogP contribution in [0.5, 0.6) is 0 Å². The molecule has 8 heteroatoms. The van der Waals surface area contributed by atoms with E-state index in [1.807, 2.05) is 0 Å². The van der Waals surface area contributed by atoms with Gasteiger partial charge in [0.2, 0.25) is 5.91 Å². The lowest BCUT2D eigenvalue weighted by Crippen LogP contribution is -2.39. The van der Waals surface area contributed by atoms with Gasteiger partial charge in [0.15, 0.2) is 0 Å². The standard InChI is InChI=1S/C8H12F2N4O2/c1-16-4-6-2-8(9,10)5-14(6)7(15)3-12-13-11/h6H,2-5H2,1H3/t6-/m0/s1. The molecule has 0 N–H and O–H groups in total. The van der Waals surface area contributed by atoms with Gasteiger partial charge in [0, 0.05) is 18.4 Å². The summed E-state index contributed by atoms with van der Waals surface area (Å²) in [5.74, 6) is -3.49. The number of carbonyl (C=O) groups is 1. The second-order valence-electron chi connectivity index (χ2n) is 3.58. The van der Waals surface area contributed by atoms with Crippen molar-refractivity contribution in [2.45, 2.75) is 18.4 Å². The second-order valence-corrected chi connectivity index (χ2v) is 3.58. The molecule has 0 aliphatic carbocycles. The first-order valence-corrected chi connectivity index (χ1v) is 4.67. The van der Waals surface area contributed by atoms with Crippen LogP contribution in [0.1, 0.15) is 6.42 Å². The smallest absolute Gasteiger partial charge is 0.267 e. The first-order chi connectivity index (χ1) is 7.50. The molecule has 90 valence electrons. The monoisotopic (exact) mass is 234 g/mol. The fraction of sp³-hybridized carbons (Fsp3) is 0.875.